The maximum atomic E-state index is 12.2. The molecule has 0 bridgehead atoms. The molecular formula is C14H15NO3. The molecule has 0 aliphatic rings. The van der Waals surface area contributed by atoms with Crippen molar-refractivity contribution in [1.29, 1.82) is 0 Å². The number of aliphatic hydroxyl groups is 1. The number of hydrogen-bond acceptors (Lipinski definition) is 3. The molecule has 0 aliphatic carbocycles. The summed E-state index contributed by atoms with van der Waals surface area (Å²) in [5.74, 6) is -0.232. The van der Waals surface area contributed by atoms with E-state index in [4.69, 9.17) is 4.84 Å². The van der Waals surface area contributed by atoms with Crippen LogP contribution in [0.2, 0.25) is 0 Å². The maximum absolute atomic E-state index is 12.2. The zero-order valence-corrected chi connectivity index (χ0v) is 10.4. The van der Waals surface area contributed by atoms with Crippen LogP contribution in [0.5, 0.6) is 0 Å². The van der Waals surface area contributed by atoms with Gasteiger partial charge in [-0.25, -0.2) is 5.06 Å². The average Bonchev–Trinajstić information content (AvgIpc) is 2.44. The van der Waals surface area contributed by atoms with Crippen LogP contribution in [0.1, 0.15) is 15.9 Å². The maximum Gasteiger partial charge on any atom is 0.277 e. The van der Waals surface area contributed by atoms with Crippen LogP contribution in [-0.2, 0) is 11.4 Å². The Morgan fingerprint density at radius 1 is 1.28 bits per heavy atom. The van der Waals surface area contributed by atoms with Crippen molar-refractivity contribution in [3.8, 4) is 0 Å². The van der Waals surface area contributed by atoms with Crippen LogP contribution in [0, 0.1) is 0 Å². The highest BCUT2D eigenvalue weighted by Gasteiger charge is 2.16. The third kappa shape index (κ3) is 2.08. The molecule has 0 spiro atoms. The van der Waals surface area contributed by atoms with Crippen molar-refractivity contribution in [3.63, 3.8) is 0 Å². The number of rotatable bonds is 3. The Morgan fingerprint density at radius 2 is 1.94 bits per heavy atom. The van der Waals surface area contributed by atoms with Gasteiger partial charge in [-0.05, 0) is 22.4 Å². The summed E-state index contributed by atoms with van der Waals surface area (Å²) in [5, 5.41) is 12.3. The first kappa shape index (κ1) is 12.5. The number of hydrogen-bond donors (Lipinski definition) is 1. The fourth-order valence-corrected chi connectivity index (χ4v) is 1.98. The van der Waals surface area contributed by atoms with Crippen LogP contribution < -0.4 is 0 Å². The molecule has 0 aliphatic heterocycles. The van der Waals surface area contributed by atoms with Crippen LogP contribution in [0.15, 0.2) is 36.4 Å². The molecule has 0 fully saturated rings. The SMILES string of the molecule is CON(C)C(=O)c1cccc2cccc(CO)c12. The van der Waals surface area contributed by atoms with E-state index in [2.05, 4.69) is 0 Å². The van der Waals surface area contributed by atoms with E-state index < -0.39 is 0 Å². The third-order valence-corrected chi connectivity index (χ3v) is 2.95. The number of aliphatic hydroxyl groups excluding tert-OH is 1. The topological polar surface area (TPSA) is 49.8 Å². The first-order valence-electron chi connectivity index (χ1n) is 5.62. The van der Waals surface area contributed by atoms with Gasteiger partial charge in [0.1, 0.15) is 0 Å². The van der Waals surface area contributed by atoms with Crippen LogP contribution in [0.3, 0.4) is 0 Å². The second kappa shape index (κ2) is 5.16. The monoisotopic (exact) mass is 245 g/mol. The lowest BCUT2D eigenvalue weighted by Gasteiger charge is -2.16. The molecule has 0 unspecified atom stereocenters. The van der Waals surface area contributed by atoms with Crippen LogP contribution in [0.4, 0.5) is 0 Å². The first-order valence-corrected chi connectivity index (χ1v) is 5.62. The normalized spacial score (nSPS) is 10.6. The second-order valence-electron chi connectivity index (χ2n) is 3.96. The molecule has 18 heavy (non-hydrogen) atoms. The summed E-state index contributed by atoms with van der Waals surface area (Å²) in [7, 11) is 3.00. The summed E-state index contributed by atoms with van der Waals surface area (Å²) < 4.78 is 0. The Hall–Kier alpha value is -1.91. The molecule has 94 valence electrons. The van der Waals surface area contributed by atoms with E-state index in [-0.39, 0.29) is 12.5 Å². The number of fused-ring (bicyclic) bond motifs is 1. The summed E-state index contributed by atoms with van der Waals surface area (Å²) in [6, 6.07) is 11.1. The highest BCUT2D eigenvalue weighted by atomic mass is 16.7. The smallest absolute Gasteiger partial charge is 0.277 e. The average molecular weight is 245 g/mol. The van der Waals surface area contributed by atoms with Gasteiger partial charge in [0.25, 0.3) is 5.91 Å². The molecule has 4 nitrogen and oxygen atoms in total. The van der Waals surface area contributed by atoms with Crippen molar-refractivity contribution in [1.82, 2.24) is 5.06 Å². The molecule has 0 saturated carbocycles. The highest BCUT2D eigenvalue weighted by molar-refractivity contribution is 6.07. The third-order valence-electron chi connectivity index (χ3n) is 2.95. The minimum Gasteiger partial charge on any atom is -0.392 e. The van der Waals surface area contributed by atoms with Crippen molar-refractivity contribution < 1.29 is 14.7 Å². The van der Waals surface area contributed by atoms with Gasteiger partial charge >= 0.3 is 0 Å². The van der Waals surface area contributed by atoms with E-state index >= 15 is 0 Å². The standard InChI is InChI=1S/C14H15NO3/c1-15(18-2)14(17)12-8-4-6-10-5-3-7-11(9-16)13(10)12/h3-8,16H,9H2,1-2H3. The molecule has 0 heterocycles. The van der Waals surface area contributed by atoms with Gasteiger partial charge in [0.2, 0.25) is 0 Å². The van der Waals surface area contributed by atoms with E-state index in [0.29, 0.717) is 5.56 Å². The number of amides is 1. The number of hydroxylamine groups is 2. The summed E-state index contributed by atoms with van der Waals surface area (Å²) in [6.45, 7) is -0.0989. The minimum atomic E-state index is -0.232. The van der Waals surface area contributed by atoms with Crippen LogP contribution in [-0.4, -0.2) is 30.2 Å². The highest BCUT2D eigenvalue weighted by Crippen LogP contribution is 2.24. The molecule has 2 aromatic carbocycles. The molecule has 2 aromatic rings. The van der Waals surface area contributed by atoms with E-state index in [1.54, 1.807) is 13.1 Å². The van der Waals surface area contributed by atoms with E-state index in [0.717, 1.165) is 16.3 Å². The summed E-state index contributed by atoms with van der Waals surface area (Å²) in [5.41, 5.74) is 1.27. The van der Waals surface area contributed by atoms with Gasteiger partial charge in [-0.3, -0.25) is 9.63 Å². The molecule has 0 atom stereocenters. The molecule has 1 N–H and O–H groups in total. The Labute approximate surface area is 105 Å². The summed E-state index contributed by atoms with van der Waals surface area (Å²) in [6.07, 6.45) is 0. The fraction of sp³-hybridized carbons (Fsp3) is 0.214. The Bertz CT molecular complexity index is 575. The van der Waals surface area contributed by atoms with Gasteiger partial charge in [0, 0.05) is 12.6 Å². The number of carbonyl (C=O) groups is 1. The van der Waals surface area contributed by atoms with E-state index in [1.165, 1.54) is 12.2 Å². The number of carbonyl (C=O) groups excluding carboxylic acids is 1. The van der Waals surface area contributed by atoms with Gasteiger partial charge in [-0.2, -0.15) is 0 Å². The van der Waals surface area contributed by atoms with Crippen molar-refractivity contribution in [2.24, 2.45) is 0 Å². The van der Waals surface area contributed by atoms with E-state index in [1.807, 2.05) is 30.3 Å². The minimum absolute atomic E-state index is 0.0989. The predicted octanol–water partition coefficient (Wildman–Crippen LogP) is 1.97. The lowest BCUT2D eigenvalue weighted by Crippen LogP contribution is -2.25. The Morgan fingerprint density at radius 3 is 2.56 bits per heavy atom. The molecule has 0 saturated heterocycles. The number of benzene rings is 2. The van der Waals surface area contributed by atoms with Crippen molar-refractivity contribution in [3.05, 3.63) is 47.5 Å². The molecule has 0 radical (unpaired) electrons. The van der Waals surface area contributed by atoms with Gasteiger partial charge in [-0.1, -0.05) is 30.3 Å². The fourth-order valence-electron chi connectivity index (χ4n) is 1.98. The molecule has 1 amide bonds. The largest absolute Gasteiger partial charge is 0.392 e. The molecule has 4 heteroatoms. The second-order valence-corrected chi connectivity index (χ2v) is 3.96. The molecular weight excluding hydrogens is 230 g/mol. The zero-order chi connectivity index (χ0) is 13.1. The van der Waals surface area contributed by atoms with E-state index in [9.17, 15) is 9.90 Å². The van der Waals surface area contributed by atoms with Gasteiger partial charge in [0.15, 0.2) is 0 Å². The van der Waals surface area contributed by atoms with Crippen molar-refractivity contribution in [2.45, 2.75) is 6.61 Å². The van der Waals surface area contributed by atoms with Crippen molar-refractivity contribution in [2.75, 3.05) is 14.2 Å². The quantitative estimate of drug-likeness (QED) is 0.841. The van der Waals surface area contributed by atoms with Crippen molar-refractivity contribution >= 4 is 16.7 Å². The lowest BCUT2D eigenvalue weighted by molar-refractivity contribution is -0.0755. The first-order chi connectivity index (χ1) is 8.69. The van der Waals surface area contributed by atoms with Gasteiger partial charge < -0.3 is 5.11 Å². The predicted molar refractivity (Wildman–Crippen MR) is 69.0 cm³/mol. The summed E-state index contributed by atoms with van der Waals surface area (Å²) in [4.78, 5) is 17.1. The van der Waals surface area contributed by atoms with Gasteiger partial charge in [0.05, 0.1) is 13.7 Å². The van der Waals surface area contributed by atoms with Crippen LogP contribution in [0.25, 0.3) is 10.8 Å². The lowest BCUT2D eigenvalue weighted by atomic mass is 9.99. The molecule has 0 aromatic heterocycles. The van der Waals surface area contributed by atoms with Gasteiger partial charge in [-0.15, -0.1) is 0 Å². The van der Waals surface area contributed by atoms with Crippen LogP contribution >= 0.6 is 0 Å². The Balaban J connectivity index is 2.67. The molecule has 2 rings (SSSR count). The Kier molecular flexibility index (Phi) is 3.60. The summed E-state index contributed by atoms with van der Waals surface area (Å²) >= 11 is 0. The number of nitrogens with zero attached hydrogens (tertiary/aromatic N) is 1. The zero-order valence-electron chi connectivity index (χ0n) is 10.4.